The van der Waals surface area contributed by atoms with Crippen molar-refractivity contribution in [1.29, 1.82) is 10.5 Å². The molecule has 1 aliphatic rings. The van der Waals surface area contributed by atoms with Crippen LogP contribution in [0.1, 0.15) is 155 Å². The highest BCUT2D eigenvalue weighted by Crippen LogP contribution is 2.43. The average Bonchev–Trinajstić information content (AvgIpc) is 2.96. The van der Waals surface area contributed by atoms with Crippen LogP contribution in [0.5, 0.6) is 0 Å². The molecule has 0 N–H and O–H groups in total. The van der Waals surface area contributed by atoms with Gasteiger partial charge < -0.3 is 9.47 Å². The first-order chi connectivity index (χ1) is 19.8. The molecule has 0 aromatic heterocycles. The molecule has 0 saturated carbocycles. The number of rotatable bonds is 27. The van der Waals surface area contributed by atoms with E-state index in [1.807, 2.05) is 0 Å². The molecular weight excluding hydrogens is 492 g/mol. The molecule has 228 valence electrons. The van der Waals surface area contributed by atoms with Gasteiger partial charge in [-0.15, -0.1) is 0 Å². The average molecular weight is 555 g/mol. The summed E-state index contributed by atoms with van der Waals surface area (Å²) >= 11 is 0. The first-order valence-corrected chi connectivity index (χ1v) is 17.1. The van der Waals surface area contributed by atoms with Crippen LogP contribution in [0.4, 0.5) is 0 Å². The van der Waals surface area contributed by atoms with Gasteiger partial charge in [-0.1, -0.05) is 134 Å². The molecule has 4 atom stereocenters. The largest absolute Gasteiger partial charge is 0.428 e. The van der Waals surface area contributed by atoms with E-state index in [1.165, 1.54) is 128 Å². The van der Waals surface area contributed by atoms with Gasteiger partial charge in [-0.3, -0.25) is 0 Å². The molecule has 0 aliphatic heterocycles. The summed E-state index contributed by atoms with van der Waals surface area (Å²) in [7, 11) is 0. The maximum Gasteiger partial charge on any atom is 0.286 e. The maximum absolute atomic E-state index is 8.51. The number of ether oxygens (including phenoxy) is 2. The Kier molecular flexibility index (Phi) is 24.6. The number of unbranched alkanes of at least 4 members (excludes halogenated alkanes) is 15. The van der Waals surface area contributed by atoms with E-state index in [0.29, 0.717) is 25.0 Å². The molecule has 0 amide bonds. The van der Waals surface area contributed by atoms with Crippen LogP contribution < -0.4 is 0 Å². The van der Waals surface area contributed by atoms with Crippen LogP contribution in [0, 0.1) is 46.7 Å². The van der Waals surface area contributed by atoms with Crippen LogP contribution >= 0.6 is 0 Å². The molecule has 4 heteroatoms. The van der Waals surface area contributed by atoms with Gasteiger partial charge >= 0.3 is 0 Å². The summed E-state index contributed by atoms with van der Waals surface area (Å²) in [6.45, 7) is 5.77. The lowest BCUT2D eigenvalue weighted by molar-refractivity contribution is 0.196. The van der Waals surface area contributed by atoms with E-state index >= 15 is 0 Å². The lowest BCUT2D eigenvalue weighted by atomic mass is 9.66. The van der Waals surface area contributed by atoms with Crippen molar-refractivity contribution in [2.75, 3.05) is 13.2 Å². The van der Waals surface area contributed by atoms with Gasteiger partial charge in [0.2, 0.25) is 0 Å². The highest BCUT2D eigenvalue weighted by molar-refractivity contribution is 5.10. The summed E-state index contributed by atoms with van der Waals surface area (Å²) < 4.78 is 9.61. The van der Waals surface area contributed by atoms with E-state index in [0.717, 1.165) is 24.7 Å². The quantitative estimate of drug-likeness (QED) is 0.0575. The third kappa shape index (κ3) is 18.4. The van der Waals surface area contributed by atoms with Crippen molar-refractivity contribution >= 4 is 0 Å². The summed E-state index contributed by atoms with van der Waals surface area (Å²) in [5.74, 6) is 2.92. The first kappa shape index (κ1) is 36.1. The van der Waals surface area contributed by atoms with Gasteiger partial charge in [-0.25, -0.2) is 0 Å². The minimum Gasteiger partial charge on any atom is -0.428 e. The van der Waals surface area contributed by atoms with Crippen molar-refractivity contribution in [1.82, 2.24) is 0 Å². The second-order valence-corrected chi connectivity index (χ2v) is 12.1. The number of hydrogen-bond acceptors (Lipinski definition) is 4. The molecular formula is C36H62N2O2. The molecule has 4 unspecified atom stereocenters. The maximum atomic E-state index is 8.51. The van der Waals surface area contributed by atoms with Crippen molar-refractivity contribution in [3.63, 3.8) is 0 Å². The standard InChI is InChI=1S/C36H62N2O2/c1-3-5-7-12-19-25-36-34(24-18-13-8-10-15-21-29-39-31-37)28-27-33(23-17-6-4-2)35(36)26-20-14-9-11-16-22-30-40-32-38/h19,25,27-28,33-36H,3-18,20-24,26,29-30H2,1-2H3/b25-19-. The van der Waals surface area contributed by atoms with Crippen molar-refractivity contribution in [2.24, 2.45) is 23.7 Å². The highest BCUT2D eigenvalue weighted by Gasteiger charge is 2.33. The second kappa shape index (κ2) is 27.2. The second-order valence-electron chi connectivity index (χ2n) is 12.1. The fraction of sp³-hybridized carbons (Fsp3) is 0.833. The number of nitriles is 2. The Morgan fingerprint density at radius 3 is 1.65 bits per heavy atom. The zero-order valence-electron chi connectivity index (χ0n) is 26.3. The van der Waals surface area contributed by atoms with E-state index in [4.69, 9.17) is 20.0 Å². The summed E-state index contributed by atoms with van der Waals surface area (Å²) in [6, 6.07) is 0. The molecule has 0 heterocycles. The summed E-state index contributed by atoms with van der Waals surface area (Å²) in [5, 5.41) is 17.0. The Morgan fingerprint density at radius 1 is 0.575 bits per heavy atom. The van der Waals surface area contributed by atoms with Gasteiger partial charge in [0.05, 0.1) is 0 Å². The van der Waals surface area contributed by atoms with Crippen molar-refractivity contribution in [3.8, 4) is 12.5 Å². The van der Waals surface area contributed by atoms with E-state index in [9.17, 15) is 0 Å². The minimum absolute atomic E-state index is 0.577. The Hall–Kier alpha value is -1.94. The fourth-order valence-electron chi connectivity index (χ4n) is 6.46. The van der Waals surface area contributed by atoms with E-state index < -0.39 is 0 Å². The highest BCUT2D eigenvalue weighted by atomic mass is 16.5. The third-order valence-electron chi connectivity index (χ3n) is 8.81. The lowest BCUT2D eigenvalue weighted by Gasteiger charge is -2.39. The van der Waals surface area contributed by atoms with E-state index in [2.05, 4.69) is 38.2 Å². The number of hydrogen-bond donors (Lipinski definition) is 0. The molecule has 0 radical (unpaired) electrons. The van der Waals surface area contributed by atoms with Gasteiger partial charge in [-0.05, 0) is 68.6 Å². The smallest absolute Gasteiger partial charge is 0.286 e. The number of nitrogens with zero attached hydrogens (tertiary/aromatic N) is 2. The Labute approximate surface area is 248 Å². The van der Waals surface area contributed by atoms with Gasteiger partial charge in [0.15, 0.2) is 0 Å². The molecule has 1 aliphatic carbocycles. The first-order valence-electron chi connectivity index (χ1n) is 17.1. The van der Waals surface area contributed by atoms with Gasteiger partial charge in [0, 0.05) is 0 Å². The molecule has 4 nitrogen and oxygen atoms in total. The van der Waals surface area contributed by atoms with E-state index in [1.54, 1.807) is 12.5 Å². The fourth-order valence-corrected chi connectivity index (χ4v) is 6.46. The minimum atomic E-state index is 0.577. The SMILES string of the molecule is CCCCC/C=C\C1C(CCCCCCCCOC#N)C=CC(CCCCC)C1CCCCCCCCOC#N. The predicted molar refractivity (Wildman–Crippen MR) is 168 cm³/mol. The van der Waals surface area contributed by atoms with Gasteiger partial charge in [0.1, 0.15) is 13.2 Å². The molecule has 0 spiro atoms. The van der Waals surface area contributed by atoms with Crippen LogP contribution in [0.15, 0.2) is 24.3 Å². The molecule has 1 rings (SSSR count). The summed E-state index contributed by atoms with van der Waals surface area (Å²) in [4.78, 5) is 0. The molecule has 0 bridgehead atoms. The molecule has 0 aromatic carbocycles. The summed E-state index contributed by atoms with van der Waals surface area (Å²) in [5.41, 5.74) is 0. The van der Waals surface area contributed by atoms with Crippen molar-refractivity contribution in [3.05, 3.63) is 24.3 Å². The lowest BCUT2D eigenvalue weighted by Crippen LogP contribution is -2.30. The third-order valence-corrected chi connectivity index (χ3v) is 8.81. The molecule has 0 fully saturated rings. The van der Waals surface area contributed by atoms with Crippen molar-refractivity contribution in [2.45, 2.75) is 155 Å². The monoisotopic (exact) mass is 554 g/mol. The van der Waals surface area contributed by atoms with Gasteiger partial charge in [0.25, 0.3) is 12.5 Å². The topological polar surface area (TPSA) is 66.0 Å². The Balaban J connectivity index is 2.68. The van der Waals surface area contributed by atoms with Crippen LogP contribution in [0.2, 0.25) is 0 Å². The van der Waals surface area contributed by atoms with Crippen LogP contribution in [0.25, 0.3) is 0 Å². The van der Waals surface area contributed by atoms with E-state index in [-0.39, 0.29) is 0 Å². The molecule has 40 heavy (non-hydrogen) atoms. The summed E-state index contributed by atoms with van der Waals surface area (Å²) in [6.07, 6.45) is 42.0. The van der Waals surface area contributed by atoms with Gasteiger partial charge in [-0.2, -0.15) is 10.5 Å². The Bertz CT molecular complexity index is 705. The van der Waals surface area contributed by atoms with Crippen LogP contribution in [0.3, 0.4) is 0 Å². The molecule has 0 saturated heterocycles. The normalized spacial score (nSPS) is 20.4. The van der Waals surface area contributed by atoms with Crippen LogP contribution in [-0.2, 0) is 9.47 Å². The zero-order chi connectivity index (χ0) is 28.9. The van der Waals surface area contributed by atoms with Crippen LogP contribution in [-0.4, -0.2) is 13.2 Å². The number of allylic oxidation sites excluding steroid dienone is 4. The predicted octanol–water partition coefficient (Wildman–Crippen LogP) is 11.2. The van der Waals surface area contributed by atoms with Crippen molar-refractivity contribution < 1.29 is 9.47 Å². The Morgan fingerprint density at radius 2 is 1.05 bits per heavy atom. The zero-order valence-corrected chi connectivity index (χ0v) is 26.3. The molecule has 0 aromatic rings.